The second-order valence-electron chi connectivity index (χ2n) is 7.77. The molecule has 0 aliphatic carbocycles. The first-order chi connectivity index (χ1) is 16.4. The van der Waals surface area contributed by atoms with Crippen molar-refractivity contribution in [3.05, 3.63) is 95.6 Å². The molecular formula is C26H29N3O4S. The lowest BCUT2D eigenvalue weighted by Crippen LogP contribution is -2.29. The molecule has 178 valence electrons. The standard InChI is InChI=1S/C26H29N3O4S/c1-3-4-18-33-25-16-10-21(11-17-25)19-27-28-26(30)23-12-14-24(15-13-23)29(34(2,31)32)20-22-8-6-5-7-9-22/h5-17,19H,3-4,18,20H2,1-2H3,(H,28,30)/b27-19-. The molecule has 0 unspecified atom stereocenters. The van der Waals surface area contributed by atoms with Gasteiger partial charge in [0.1, 0.15) is 5.75 Å². The van der Waals surface area contributed by atoms with E-state index in [0.29, 0.717) is 17.9 Å². The highest BCUT2D eigenvalue weighted by Crippen LogP contribution is 2.21. The van der Waals surface area contributed by atoms with E-state index in [1.165, 1.54) is 4.31 Å². The summed E-state index contributed by atoms with van der Waals surface area (Å²) in [6.07, 6.45) is 4.80. The van der Waals surface area contributed by atoms with Crippen LogP contribution in [0.1, 0.15) is 41.3 Å². The number of sulfonamides is 1. The van der Waals surface area contributed by atoms with Crippen molar-refractivity contribution in [2.45, 2.75) is 26.3 Å². The molecule has 0 bridgehead atoms. The first-order valence-corrected chi connectivity index (χ1v) is 12.9. The molecule has 0 saturated carbocycles. The Balaban J connectivity index is 1.60. The zero-order valence-corrected chi connectivity index (χ0v) is 20.2. The maximum atomic E-state index is 12.4. The van der Waals surface area contributed by atoms with Crippen molar-refractivity contribution in [3.8, 4) is 5.75 Å². The van der Waals surface area contributed by atoms with Gasteiger partial charge < -0.3 is 4.74 Å². The predicted octanol–water partition coefficient (Wildman–Crippen LogP) is 4.60. The van der Waals surface area contributed by atoms with E-state index in [1.54, 1.807) is 30.5 Å². The van der Waals surface area contributed by atoms with Crippen molar-refractivity contribution < 1.29 is 17.9 Å². The van der Waals surface area contributed by atoms with Crippen molar-refractivity contribution in [2.75, 3.05) is 17.2 Å². The number of ether oxygens (including phenoxy) is 1. The number of hydrazone groups is 1. The number of hydrogen-bond acceptors (Lipinski definition) is 5. The largest absolute Gasteiger partial charge is 0.494 e. The van der Waals surface area contributed by atoms with Gasteiger partial charge in [0, 0.05) is 5.56 Å². The number of carbonyl (C=O) groups is 1. The van der Waals surface area contributed by atoms with Gasteiger partial charge >= 0.3 is 0 Å². The fourth-order valence-electron chi connectivity index (χ4n) is 3.14. The molecule has 0 radical (unpaired) electrons. The third-order valence-electron chi connectivity index (χ3n) is 5.01. The molecule has 0 saturated heterocycles. The number of rotatable bonds is 11. The van der Waals surface area contributed by atoms with E-state index in [0.717, 1.165) is 36.0 Å². The second kappa shape index (κ2) is 12.0. The molecule has 0 atom stereocenters. The second-order valence-corrected chi connectivity index (χ2v) is 9.68. The lowest BCUT2D eigenvalue weighted by atomic mass is 10.2. The Labute approximate surface area is 201 Å². The summed E-state index contributed by atoms with van der Waals surface area (Å²) in [5, 5.41) is 4.00. The molecule has 0 fully saturated rings. The molecule has 3 aromatic rings. The van der Waals surface area contributed by atoms with Gasteiger partial charge in [-0.05, 0) is 66.1 Å². The number of amides is 1. The first-order valence-electron chi connectivity index (χ1n) is 11.0. The summed E-state index contributed by atoms with van der Waals surface area (Å²) in [5.41, 5.74) is 5.03. The average Bonchev–Trinajstić information content (AvgIpc) is 2.84. The van der Waals surface area contributed by atoms with E-state index in [2.05, 4.69) is 17.5 Å². The molecule has 7 nitrogen and oxygen atoms in total. The first kappa shape index (κ1) is 25.0. The molecule has 3 aromatic carbocycles. The zero-order valence-electron chi connectivity index (χ0n) is 19.3. The van der Waals surface area contributed by atoms with Crippen molar-refractivity contribution >= 4 is 27.8 Å². The Bertz CT molecular complexity index is 1190. The van der Waals surface area contributed by atoms with Crippen LogP contribution in [0.3, 0.4) is 0 Å². The van der Waals surface area contributed by atoms with E-state index in [4.69, 9.17) is 4.74 Å². The summed E-state index contributed by atoms with van der Waals surface area (Å²) in [7, 11) is -3.50. The smallest absolute Gasteiger partial charge is 0.271 e. The molecule has 0 aliphatic heterocycles. The Morgan fingerprint density at radius 2 is 1.68 bits per heavy atom. The monoisotopic (exact) mass is 479 g/mol. The van der Waals surface area contributed by atoms with Crippen molar-refractivity contribution in [1.29, 1.82) is 0 Å². The molecule has 8 heteroatoms. The van der Waals surface area contributed by atoms with Gasteiger partial charge in [-0.1, -0.05) is 43.7 Å². The van der Waals surface area contributed by atoms with Crippen LogP contribution in [0.4, 0.5) is 5.69 Å². The van der Waals surface area contributed by atoms with Crippen LogP contribution in [0.25, 0.3) is 0 Å². The fourth-order valence-corrected chi connectivity index (χ4v) is 4.03. The number of nitrogens with zero attached hydrogens (tertiary/aromatic N) is 2. The minimum Gasteiger partial charge on any atom is -0.494 e. The van der Waals surface area contributed by atoms with Crippen molar-refractivity contribution in [3.63, 3.8) is 0 Å². The molecule has 1 amide bonds. The highest BCUT2D eigenvalue weighted by molar-refractivity contribution is 7.92. The van der Waals surface area contributed by atoms with Gasteiger partial charge in [0.05, 0.1) is 31.3 Å². The molecule has 0 aliphatic rings. The van der Waals surface area contributed by atoms with Crippen LogP contribution in [0.2, 0.25) is 0 Å². The number of carbonyl (C=O) groups excluding carboxylic acids is 1. The Kier molecular flexibility index (Phi) is 8.81. The minimum absolute atomic E-state index is 0.206. The summed E-state index contributed by atoms with van der Waals surface area (Å²) in [6, 6.07) is 23.1. The molecule has 1 N–H and O–H groups in total. The van der Waals surface area contributed by atoms with Gasteiger partial charge in [0.2, 0.25) is 10.0 Å². The maximum absolute atomic E-state index is 12.4. The summed E-state index contributed by atoms with van der Waals surface area (Å²) < 4.78 is 31.6. The number of hydrogen-bond donors (Lipinski definition) is 1. The summed E-state index contributed by atoms with van der Waals surface area (Å²) in [4.78, 5) is 12.4. The predicted molar refractivity (Wildman–Crippen MR) is 136 cm³/mol. The molecule has 0 spiro atoms. The normalized spacial score (nSPS) is 11.4. The van der Waals surface area contributed by atoms with Crippen LogP contribution in [-0.4, -0.2) is 33.4 Å². The molecule has 34 heavy (non-hydrogen) atoms. The Morgan fingerprint density at radius 1 is 1.00 bits per heavy atom. The molecule has 3 rings (SSSR count). The lowest BCUT2D eigenvalue weighted by Gasteiger charge is -2.22. The van der Waals surface area contributed by atoms with Gasteiger partial charge in [0.15, 0.2) is 0 Å². The Hall–Kier alpha value is -3.65. The number of nitrogens with one attached hydrogen (secondary N) is 1. The topological polar surface area (TPSA) is 88.1 Å². The third-order valence-corrected chi connectivity index (χ3v) is 6.15. The summed E-state index contributed by atoms with van der Waals surface area (Å²) >= 11 is 0. The third kappa shape index (κ3) is 7.45. The number of benzene rings is 3. The summed E-state index contributed by atoms with van der Waals surface area (Å²) in [6.45, 7) is 3.01. The van der Waals surface area contributed by atoms with E-state index in [9.17, 15) is 13.2 Å². The van der Waals surface area contributed by atoms with Crippen LogP contribution in [-0.2, 0) is 16.6 Å². The minimum atomic E-state index is -3.50. The van der Waals surface area contributed by atoms with Gasteiger partial charge in [-0.25, -0.2) is 13.8 Å². The quantitative estimate of drug-likeness (QED) is 0.247. The van der Waals surface area contributed by atoms with Gasteiger partial charge in [-0.15, -0.1) is 0 Å². The number of anilines is 1. The van der Waals surface area contributed by atoms with Gasteiger partial charge in [-0.3, -0.25) is 9.10 Å². The van der Waals surface area contributed by atoms with Gasteiger partial charge in [0.25, 0.3) is 5.91 Å². The molecular weight excluding hydrogens is 450 g/mol. The van der Waals surface area contributed by atoms with Crippen LogP contribution < -0.4 is 14.5 Å². The fraction of sp³-hybridized carbons (Fsp3) is 0.231. The average molecular weight is 480 g/mol. The van der Waals surface area contributed by atoms with Crippen molar-refractivity contribution in [2.24, 2.45) is 5.10 Å². The van der Waals surface area contributed by atoms with Crippen LogP contribution in [0.5, 0.6) is 5.75 Å². The molecule has 0 heterocycles. The van der Waals surface area contributed by atoms with E-state index < -0.39 is 15.9 Å². The van der Waals surface area contributed by atoms with Crippen LogP contribution in [0, 0.1) is 0 Å². The van der Waals surface area contributed by atoms with E-state index in [-0.39, 0.29) is 6.54 Å². The lowest BCUT2D eigenvalue weighted by molar-refractivity contribution is 0.0955. The Morgan fingerprint density at radius 3 is 2.29 bits per heavy atom. The highest BCUT2D eigenvalue weighted by Gasteiger charge is 2.18. The van der Waals surface area contributed by atoms with E-state index >= 15 is 0 Å². The SMILES string of the molecule is CCCCOc1ccc(/C=N\NC(=O)c2ccc(N(Cc3ccccc3)S(C)(=O)=O)cc2)cc1. The highest BCUT2D eigenvalue weighted by atomic mass is 32.2. The van der Waals surface area contributed by atoms with Crippen LogP contribution >= 0.6 is 0 Å². The van der Waals surface area contributed by atoms with E-state index in [1.807, 2.05) is 54.6 Å². The van der Waals surface area contributed by atoms with Crippen LogP contribution in [0.15, 0.2) is 84.0 Å². The maximum Gasteiger partial charge on any atom is 0.271 e. The summed E-state index contributed by atoms with van der Waals surface area (Å²) in [5.74, 6) is 0.404. The molecule has 0 aromatic heterocycles. The number of unbranched alkanes of at least 4 members (excludes halogenated alkanes) is 1. The van der Waals surface area contributed by atoms with Gasteiger partial charge in [-0.2, -0.15) is 5.10 Å². The van der Waals surface area contributed by atoms with Crippen molar-refractivity contribution in [1.82, 2.24) is 5.43 Å². The zero-order chi connectivity index (χ0) is 24.4.